The molecule has 0 bridgehead atoms. The maximum absolute atomic E-state index is 6.45. The van der Waals surface area contributed by atoms with Crippen LogP contribution in [0.2, 0.25) is 5.02 Å². The molecular weight excluding hydrogens is 381 g/mol. The van der Waals surface area contributed by atoms with E-state index in [1.807, 2.05) is 18.2 Å². The first-order valence-electron chi connectivity index (χ1n) is 6.95. The topological polar surface area (TPSA) is 26.0 Å². The highest BCUT2D eigenvalue weighted by atomic mass is 127. The number of halogens is 2. The van der Waals surface area contributed by atoms with Crippen molar-refractivity contribution in [1.82, 2.24) is 0 Å². The van der Waals surface area contributed by atoms with Crippen molar-refractivity contribution in [3.05, 3.63) is 67.7 Å². The van der Waals surface area contributed by atoms with Gasteiger partial charge in [-0.25, -0.2) is 0 Å². The number of benzene rings is 2. The van der Waals surface area contributed by atoms with E-state index in [2.05, 4.69) is 46.9 Å². The molecule has 20 heavy (non-hydrogen) atoms. The summed E-state index contributed by atoms with van der Waals surface area (Å²) in [5, 5.41) is 0.742. The Labute approximate surface area is 138 Å². The highest BCUT2D eigenvalue weighted by Crippen LogP contribution is 2.37. The molecule has 0 spiro atoms. The molecule has 0 saturated heterocycles. The Morgan fingerprint density at radius 3 is 2.65 bits per heavy atom. The van der Waals surface area contributed by atoms with Gasteiger partial charge in [0.15, 0.2) is 0 Å². The molecule has 0 heterocycles. The highest BCUT2D eigenvalue weighted by molar-refractivity contribution is 14.1. The van der Waals surface area contributed by atoms with Crippen LogP contribution in [0.5, 0.6) is 0 Å². The lowest BCUT2D eigenvalue weighted by molar-refractivity contribution is 0.419. The molecule has 0 amide bonds. The van der Waals surface area contributed by atoms with Gasteiger partial charge in [0.25, 0.3) is 0 Å². The molecule has 2 aromatic rings. The first-order chi connectivity index (χ1) is 9.65. The van der Waals surface area contributed by atoms with E-state index in [1.54, 1.807) is 0 Å². The molecule has 1 nitrogen and oxygen atoms in total. The van der Waals surface area contributed by atoms with Crippen LogP contribution in [0.3, 0.4) is 0 Å². The summed E-state index contributed by atoms with van der Waals surface area (Å²) in [5.74, 6) is 0.737. The summed E-state index contributed by atoms with van der Waals surface area (Å²) in [5.41, 5.74) is 10.2. The van der Waals surface area contributed by atoms with Gasteiger partial charge in [0, 0.05) is 8.59 Å². The second-order valence-electron chi connectivity index (χ2n) is 5.44. The Bertz CT molecular complexity index is 622. The second kappa shape index (κ2) is 6.04. The standard InChI is InChI=1S/C17H17ClIN/c18-14-7-8-16(19)15(10-14)17(20)13-6-2-5-12(9-13)11-3-1-4-11/h2,5-11,17H,1,3-4,20H2. The third-order valence-corrected chi connectivity index (χ3v) is 5.36. The first kappa shape index (κ1) is 14.4. The fourth-order valence-corrected chi connectivity index (χ4v) is 3.53. The van der Waals surface area contributed by atoms with Crippen LogP contribution in [0.4, 0.5) is 0 Å². The minimum atomic E-state index is -0.111. The van der Waals surface area contributed by atoms with E-state index in [-0.39, 0.29) is 6.04 Å². The fraction of sp³-hybridized carbons (Fsp3) is 0.294. The first-order valence-corrected chi connectivity index (χ1v) is 8.41. The molecule has 104 valence electrons. The summed E-state index contributed by atoms with van der Waals surface area (Å²) in [7, 11) is 0. The van der Waals surface area contributed by atoms with Gasteiger partial charge in [-0.05, 0) is 76.2 Å². The molecule has 0 aliphatic heterocycles. The van der Waals surface area contributed by atoms with Crippen molar-refractivity contribution in [2.45, 2.75) is 31.2 Å². The zero-order chi connectivity index (χ0) is 14.1. The van der Waals surface area contributed by atoms with Gasteiger partial charge in [0.1, 0.15) is 0 Å². The zero-order valence-electron chi connectivity index (χ0n) is 11.2. The van der Waals surface area contributed by atoms with Crippen LogP contribution in [0.25, 0.3) is 0 Å². The van der Waals surface area contributed by atoms with Crippen LogP contribution in [0.15, 0.2) is 42.5 Å². The van der Waals surface area contributed by atoms with Crippen molar-refractivity contribution in [3.8, 4) is 0 Å². The maximum atomic E-state index is 6.45. The average molecular weight is 398 g/mol. The van der Waals surface area contributed by atoms with Crippen molar-refractivity contribution in [1.29, 1.82) is 0 Å². The van der Waals surface area contributed by atoms with Crippen LogP contribution < -0.4 is 5.73 Å². The van der Waals surface area contributed by atoms with E-state index in [9.17, 15) is 0 Å². The second-order valence-corrected chi connectivity index (χ2v) is 7.04. The molecular formula is C17H17ClIN. The van der Waals surface area contributed by atoms with Crippen molar-refractivity contribution >= 4 is 34.2 Å². The van der Waals surface area contributed by atoms with Crippen LogP contribution in [0, 0.1) is 3.57 Å². The third-order valence-electron chi connectivity index (χ3n) is 4.14. The molecule has 1 fully saturated rings. The van der Waals surface area contributed by atoms with E-state index >= 15 is 0 Å². The van der Waals surface area contributed by atoms with Crippen molar-refractivity contribution in [2.75, 3.05) is 0 Å². The molecule has 0 radical (unpaired) electrons. The van der Waals surface area contributed by atoms with Gasteiger partial charge in [0.2, 0.25) is 0 Å². The summed E-state index contributed by atoms with van der Waals surface area (Å²) in [6.07, 6.45) is 3.98. The zero-order valence-corrected chi connectivity index (χ0v) is 14.1. The van der Waals surface area contributed by atoms with Crippen LogP contribution in [-0.2, 0) is 0 Å². The van der Waals surface area contributed by atoms with E-state index in [4.69, 9.17) is 17.3 Å². The Hall–Kier alpha value is -0.580. The number of rotatable bonds is 3. The van der Waals surface area contributed by atoms with Crippen LogP contribution >= 0.6 is 34.2 Å². The largest absolute Gasteiger partial charge is 0.320 e. The van der Waals surface area contributed by atoms with Crippen molar-refractivity contribution < 1.29 is 0 Å². The maximum Gasteiger partial charge on any atom is 0.0562 e. The lowest BCUT2D eigenvalue weighted by atomic mass is 9.79. The fourth-order valence-electron chi connectivity index (χ4n) is 2.68. The predicted octanol–water partition coefficient (Wildman–Crippen LogP) is 5.26. The average Bonchev–Trinajstić information content (AvgIpc) is 2.39. The minimum absolute atomic E-state index is 0.111. The number of hydrogen-bond donors (Lipinski definition) is 1. The van der Waals surface area contributed by atoms with Crippen LogP contribution in [0.1, 0.15) is 47.9 Å². The molecule has 1 atom stereocenters. The Morgan fingerprint density at radius 1 is 1.15 bits per heavy atom. The highest BCUT2D eigenvalue weighted by Gasteiger charge is 2.20. The Kier molecular flexibility index (Phi) is 4.34. The Balaban J connectivity index is 1.93. The van der Waals surface area contributed by atoms with Gasteiger partial charge in [-0.1, -0.05) is 42.3 Å². The molecule has 1 aliphatic carbocycles. The SMILES string of the molecule is NC(c1cccc(C2CCC2)c1)c1cc(Cl)ccc1I. The van der Waals surface area contributed by atoms with Crippen molar-refractivity contribution in [3.63, 3.8) is 0 Å². The third kappa shape index (κ3) is 2.87. The lowest BCUT2D eigenvalue weighted by Gasteiger charge is -2.26. The molecule has 1 saturated carbocycles. The molecule has 1 aliphatic rings. The van der Waals surface area contributed by atoms with E-state index < -0.39 is 0 Å². The van der Waals surface area contributed by atoms with E-state index in [0.717, 1.165) is 20.1 Å². The normalized spacial score (nSPS) is 16.8. The van der Waals surface area contributed by atoms with Gasteiger partial charge >= 0.3 is 0 Å². The summed E-state index contributed by atoms with van der Waals surface area (Å²) in [6.45, 7) is 0. The van der Waals surface area contributed by atoms with E-state index in [1.165, 1.54) is 30.4 Å². The Morgan fingerprint density at radius 2 is 1.95 bits per heavy atom. The van der Waals surface area contributed by atoms with Gasteiger partial charge in [-0.15, -0.1) is 0 Å². The van der Waals surface area contributed by atoms with Gasteiger partial charge in [0.05, 0.1) is 6.04 Å². The smallest absolute Gasteiger partial charge is 0.0562 e. The molecule has 0 aromatic heterocycles. The predicted molar refractivity (Wildman–Crippen MR) is 93.2 cm³/mol. The molecule has 3 rings (SSSR count). The number of nitrogens with two attached hydrogens (primary N) is 1. The molecule has 1 unspecified atom stereocenters. The van der Waals surface area contributed by atoms with E-state index in [0.29, 0.717) is 0 Å². The van der Waals surface area contributed by atoms with Gasteiger partial charge in [-0.2, -0.15) is 0 Å². The van der Waals surface area contributed by atoms with Crippen molar-refractivity contribution in [2.24, 2.45) is 5.73 Å². The van der Waals surface area contributed by atoms with Crippen LogP contribution in [-0.4, -0.2) is 0 Å². The van der Waals surface area contributed by atoms with Gasteiger partial charge < -0.3 is 5.73 Å². The molecule has 2 aromatic carbocycles. The summed E-state index contributed by atoms with van der Waals surface area (Å²) in [6, 6.07) is 14.5. The monoisotopic (exact) mass is 397 g/mol. The summed E-state index contributed by atoms with van der Waals surface area (Å²) < 4.78 is 1.16. The molecule has 2 N–H and O–H groups in total. The summed E-state index contributed by atoms with van der Waals surface area (Å²) in [4.78, 5) is 0. The number of hydrogen-bond acceptors (Lipinski definition) is 1. The lowest BCUT2D eigenvalue weighted by Crippen LogP contribution is -2.15. The molecule has 3 heteroatoms. The summed E-state index contributed by atoms with van der Waals surface area (Å²) >= 11 is 8.42. The minimum Gasteiger partial charge on any atom is -0.320 e. The quantitative estimate of drug-likeness (QED) is 0.702. The van der Waals surface area contributed by atoms with Gasteiger partial charge in [-0.3, -0.25) is 0 Å².